The third-order valence-corrected chi connectivity index (χ3v) is 6.21. The number of para-hydroxylation sites is 2. The van der Waals surface area contributed by atoms with Crippen LogP contribution in [0.1, 0.15) is 0 Å². The predicted octanol–water partition coefficient (Wildman–Crippen LogP) is 6.14. The van der Waals surface area contributed by atoms with Crippen LogP contribution in [0.3, 0.4) is 0 Å². The molecule has 0 aliphatic carbocycles. The van der Waals surface area contributed by atoms with Crippen LogP contribution in [0.15, 0.2) is 84.9 Å². The van der Waals surface area contributed by atoms with Gasteiger partial charge in [-0.05, 0) is 42.5 Å². The van der Waals surface area contributed by atoms with Gasteiger partial charge in [-0.1, -0.05) is 49.0 Å². The van der Waals surface area contributed by atoms with E-state index in [1.165, 1.54) is 9.30 Å². The van der Waals surface area contributed by atoms with Crippen molar-refractivity contribution in [2.75, 3.05) is 15.9 Å². The molecular formula is C27H19N7O4S. The fraction of sp³-hybridized carbons (Fsp3) is 0.0370. The van der Waals surface area contributed by atoms with E-state index < -0.39 is 16.1 Å². The van der Waals surface area contributed by atoms with E-state index in [2.05, 4.69) is 24.6 Å². The highest BCUT2D eigenvalue weighted by Crippen LogP contribution is 2.46. The zero-order valence-corrected chi connectivity index (χ0v) is 21.2. The van der Waals surface area contributed by atoms with Crippen LogP contribution in [0.25, 0.3) is 26.7 Å². The molecule has 3 aromatic carbocycles. The number of aromatic amines is 1. The Morgan fingerprint density at radius 2 is 1.62 bits per heavy atom. The lowest BCUT2D eigenvalue weighted by atomic mass is 10.2. The Morgan fingerprint density at radius 1 is 0.974 bits per heavy atom. The fourth-order valence-electron chi connectivity index (χ4n) is 4.07. The van der Waals surface area contributed by atoms with Crippen molar-refractivity contribution in [3.63, 3.8) is 0 Å². The number of rotatable bonds is 6. The van der Waals surface area contributed by atoms with Crippen LogP contribution in [0.5, 0.6) is 5.75 Å². The molecule has 192 valence electrons. The van der Waals surface area contributed by atoms with Gasteiger partial charge in [0.2, 0.25) is 27.3 Å². The largest absolute Gasteiger partial charge is 0.423 e. The Bertz CT molecular complexity index is 1840. The lowest BCUT2D eigenvalue weighted by Gasteiger charge is -2.22. The second-order valence-electron chi connectivity index (χ2n) is 8.29. The molecule has 0 unspecified atom stereocenters. The number of fused-ring (bicyclic) bond motifs is 1. The number of hydrogen-bond acceptors (Lipinski definition) is 5. The first-order valence-corrected chi connectivity index (χ1v) is 13.3. The van der Waals surface area contributed by atoms with Crippen molar-refractivity contribution in [1.29, 1.82) is 0 Å². The second-order valence-corrected chi connectivity index (χ2v) is 10.0. The number of sulfonamides is 1. The van der Waals surface area contributed by atoms with Gasteiger partial charge in [-0.25, -0.2) is 32.5 Å². The quantitative estimate of drug-likeness (QED) is 0.252. The van der Waals surface area contributed by atoms with Crippen LogP contribution < -0.4 is 14.4 Å². The first-order chi connectivity index (χ1) is 18.8. The van der Waals surface area contributed by atoms with E-state index in [1.807, 2.05) is 12.1 Å². The molecule has 2 aromatic heterocycles. The first kappa shape index (κ1) is 25.1. The summed E-state index contributed by atoms with van der Waals surface area (Å²) in [5.74, 6) is -0.0376. The van der Waals surface area contributed by atoms with Gasteiger partial charge in [0.15, 0.2) is 5.75 Å². The van der Waals surface area contributed by atoms with Crippen LogP contribution in [0.2, 0.25) is 0 Å². The third-order valence-electron chi connectivity index (χ3n) is 5.60. The summed E-state index contributed by atoms with van der Waals surface area (Å²) in [4.78, 5) is 22.0. The molecule has 0 fully saturated rings. The molecule has 39 heavy (non-hydrogen) atoms. The van der Waals surface area contributed by atoms with Gasteiger partial charge in [-0.15, -0.1) is 5.10 Å². The van der Waals surface area contributed by atoms with Crippen LogP contribution in [-0.4, -0.2) is 35.4 Å². The molecular weight excluding hydrogens is 518 g/mol. The maximum atomic E-state index is 13.6. The molecule has 11 nitrogen and oxygen atoms in total. The molecule has 0 aliphatic heterocycles. The van der Waals surface area contributed by atoms with Crippen LogP contribution in [-0.2, 0) is 10.0 Å². The van der Waals surface area contributed by atoms with E-state index in [-0.39, 0.29) is 28.7 Å². The minimum atomic E-state index is -3.53. The number of nitrogens with zero attached hydrogens (tertiary/aromatic N) is 5. The van der Waals surface area contributed by atoms with Gasteiger partial charge in [0.25, 0.3) is 5.69 Å². The molecule has 2 heterocycles. The smallest absolute Gasteiger partial charge is 0.417 e. The number of carbonyl (C=O) groups excluding carboxylic acids is 1. The zero-order valence-electron chi connectivity index (χ0n) is 20.4. The van der Waals surface area contributed by atoms with Gasteiger partial charge in [0.05, 0.1) is 24.2 Å². The van der Waals surface area contributed by atoms with Crippen molar-refractivity contribution in [2.45, 2.75) is 0 Å². The fourth-order valence-corrected chi connectivity index (χ4v) is 4.62. The van der Waals surface area contributed by atoms with Crippen molar-refractivity contribution >= 4 is 50.3 Å². The van der Waals surface area contributed by atoms with Crippen molar-refractivity contribution in [3.8, 4) is 17.1 Å². The number of benzene rings is 3. The van der Waals surface area contributed by atoms with E-state index in [9.17, 15) is 13.2 Å². The third kappa shape index (κ3) is 4.87. The Morgan fingerprint density at radius 3 is 2.18 bits per heavy atom. The summed E-state index contributed by atoms with van der Waals surface area (Å²) in [6.07, 6.45) is 0.239. The normalized spacial score (nSPS) is 10.9. The van der Waals surface area contributed by atoms with Crippen molar-refractivity contribution < 1.29 is 17.9 Å². The van der Waals surface area contributed by atoms with Crippen molar-refractivity contribution in [3.05, 3.63) is 108 Å². The minimum Gasteiger partial charge on any atom is -0.417 e. The highest BCUT2D eigenvalue weighted by molar-refractivity contribution is 7.92. The highest BCUT2D eigenvalue weighted by atomic mass is 32.2. The van der Waals surface area contributed by atoms with Crippen LogP contribution >= 0.6 is 0 Å². The molecule has 5 aromatic rings. The Labute approximate surface area is 223 Å². The number of hydrogen-bond donors (Lipinski definition) is 2. The number of H-pyrrole nitrogens is 1. The van der Waals surface area contributed by atoms with Gasteiger partial charge >= 0.3 is 6.09 Å². The summed E-state index contributed by atoms with van der Waals surface area (Å²) >= 11 is 0. The molecule has 0 spiro atoms. The lowest BCUT2D eigenvalue weighted by molar-refractivity contribution is 0.211. The molecule has 2 N–H and O–H groups in total. The maximum Gasteiger partial charge on any atom is 0.423 e. The summed E-state index contributed by atoms with van der Waals surface area (Å²) in [7, 11) is -3.53. The van der Waals surface area contributed by atoms with Gasteiger partial charge < -0.3 is 9.58 Å². The number of ether oxygens (including phenoxy) is 1. The topological polar surface area (TPSA) is 118 Å². The standard InChI is InChI=1S/C27H19N7O4S/c1-28-22-23(38-27(35)33(20-13-6-4-7-14-20)21-15-8-5-9-16-21)26-31-30-24(34(26)25(22)29-2)18-11-10-12-19(17-18)32-39(3,36)37/h4-17,31-32H,3H3. The average Bonchev–Trinajstić information content (AvgIpc) is 3.47. The van der Waals surface area contributed by atoms with Gasteiger partial charge in [0.1, 0.15) is 0 Å². The predicted molar refractivity (Wildman–Crippen MR) is 147 cm³/mol. The lowest BCUT2D eigenvalue weighted by Crippen LogP contribution is -2.29. The van der Waals surface area contributed by atoms with E-state index in [4.69, 9.17) is 17.9 Å². The van der Waals surface area contributed by atoms with Gasteiger partial charge in [0, 0.05) is 11.3 Å². The first-order valence-electron chi connectivity index (χ1n) is 11.4. The number of carbonyl (C=O) groups is 1. The molecule has 0 radical (unpaired) electrons. The Kier molecular flexibility index (Phi) is 6.46. The summed E-state index contributed by atoms with van der Waals surface area (Å²) in [6.45, 7) is 15.5. The average molecular weight is 538 g/mol. The summed E-state index contributed by atoms with van der Waals surface area (Å²) in [6, 6.07) is 24.2. The number of anilines is 3. The highest BCUT2D eigenvalue weighted by Gasteiger charge is 2.31. The van der Waals surface area contributed by atoms with Gasteiger partial charge in [-0.3, -0.25) is 4.72 Å². The molecule has 5 rings (SSSR count). The Hall–Kier alpha value is -5.59. The van der Waals surface area contributed by atoms with Crippen LogP contribution in [0.4, 0.5) is 33.4 Å². The molecule has 0 atom stereocenters. The van der Waals surface area contributed by atoms with Crippen molar-refractivity contribution in [2.24, 2.45) is 0 Å². The number of nitrogens with one attached hydrogen (secondary N) is 2. The number of aromatic nitrogens is 3. The van der Waals surface area contributed by atoms with E-state index >= 15 is 0 Å². The summed E-state index contributed by atoms with van der Waals surface area (Å²) in [5, 5.41) is 7.05. The Balaban J connectivity index is 1.61. The molecule has 0 saturated carbocycles. The van der Waals surface area contributed by atoms with E-state index in [0.717, 1.165) is 6.26 Å². The summed E-state index contributed by atoms with van der Waals surface area (Å²) in [5.41, 5.74) is 1.79. The number of amides is 1. The van der Waals surface area contributed by atoms with E-state index in [0.29, 0.717) is 22.6 Å². The SMILES string of the molecule is [C-]#[N+]c1c(OC(=O)N(c2ccccc2)c2ccccc2)c2[nH]nc(-c3cccc(NS(C)(=O)=O)c3)n2c1[N+]#[C-]. The van der Waals surface area contributed by atoms with Gasteiger partial charge in [-0.2, -0.15) is 0 Å². The summed E-state index contributed by atoms with van der Waals surface area (Å²) < 4.78 is 33.0. The maximum absolute atomic E-state index is 13.6. The molecule has 0 saturated heterocycles. The molecule has 12 heteroatoms. The van der Waals surface area contributed by atoms with Crippen molar-refractivity contribution in [1.82, 2.24) is 14.6 Å². The van der Waals surface area contributed by atoms with E-state index in [1.54, 1.807) is 72.8 Å². The molecule has 0 bridgehead atoms. The molecule has 1 amide bonds. The monoisotopic (exact) mass is 537 g/mol. The minimum absolute atomic E-state index is 0.112. The molecule has 0 aliphatic rings. The second kappa shape index (κ2) is 10.0. The van der Waals surface area contributed by atoms with Crippen LogP contribution in [0, 0.1) is 13.1 Å². The zero-order chi connectivity index (χ0) is 27.6.